The molecule has 88 valence electrons. The Labute approximate surface area is 95.3 Å². The molecule has 0 spiro atoms. The van der Waals surface area contributed by atoms with Crippen molar-refractivity contribution in [2.75, 3.05) is 13.7 Å². The normalized spacial score (nSPS) is 11.9. The Bertz CT molecular complexity index is 333. The summed E-state index contributed by atoms with van der Waals surface area (Å²) < 4.78 is 9.87. The first kappa shape index (κ1) is 12.5. The van der Waals surface area contributed by atoms with Gasteiger partial charge in [0.25, 0.3) is 0 Å². The number of carbonyl (C=O) groups is 1. The van der Waals surface area contributed by atoms with Crippen LogP contribution in [-0.2, 0) is 9.53 Å². The van der Waals surface area contributed by atoms with Gasteiger partial charge in [0.1, 0.15) is 5.75 Å². The molecule has 2 N–H and O–H groups in total. The molecule has 0 saturated carbocycles. The molecule has 0 aliphatic heterocycles. The Hall–Kier alpha value is -1.55. The first-order chi connectivity index (χ1) is 7.63. The van der Waals surface area contributed by atoms with Gasteiger partial charge in [0.05, 0.1) is 20.1 Å². The van der Waals surface area contributed by atoms with Crippen molar-refractivity contribution in [3.63, 3.8) is 0 Å². The van der Waals surface area contributed by atoms with E-state index in [0.717, 1.165) is 11.3 Å². The molecular formula is C12H17NO3. The van der Waals surface area contributed by atoms with Crippen molar-refractivity contribution in [1.82, 2.24) is 0 Å². The highest BCUT2D eigenvalue weighted by Crippen LogP contribution is 2.16. The van der Waals surface area contributed by atoms with E-state index in [1.165, 1.54) is 7.11 Å². The van der Waals surface area contributed by atoms with Crippen molar-refractivity contribution < 1.29 is 14.3 Å². The van der Waals surface area contributed by atoms with Gasteiger partial charge in [-0.1, -0.05) is 12.1 Å². The van der Waals surface area contributed by atoms with Gasteiger partial charge in [-0.25, -0.2) is 0 Å². The number of nitrogens with two attached hydrogens (primary N) is 1. The molecule has 1 aromatic carbocycles. The maximum absolute atomic E-state index is 10.8. The molecule has 1 aromatic rings. The maximum Gasteiger partial charge on any atom is 0.308 e. The molecule has 16 heavy (non-hydrogen) atoms. The molecule has 0 fully saturated rings. The van der Waals surface area contributed by atoms with Crippen LogP contribution in [0.1, 0.15) is 24.9 Å². The van der Waals surface area contributed by atoms with E-state index in [1.54, 1.807) is 0 Å². The van der Waals surface area contributed by atoms with Crippen LogP contribution in [0.15, 0.2) is 24.3 Å². The van der Waals surface area contributed by atoms with Crippen LogP contribution in [0.4, 0.5) is 0 Å². The van der Waals surface area contributed by atoms with Gasteiger partial charge in [-0.3, -0.25) is 4.79 Å². The van der Waals surface area contributed by atoms with Crippen molar-refractivity contribution in [2.45, 2.75) is 19.4 Å². The van der Waals surface area contributed by atoms with Crippen molar-refractivity contribution in [1.29, 1.82) is 0 Å². The molecule has 4 nitrogen and oxygen atoms in total. The standard InChI is InChI=1S/C12H17NO3/c1-9(13)10-3-5-11(6-4-10)16-8-7-12(14)15-2/h3-6,9H,7-8,13H2,1-2H3/t9-/m0/s1. The van der Waals surface area contributed by atoms with Gasteiger partial charge in [0.15, 0.2) is 0 Å². The predicted molar refractivity (Wildman–Crippen MR) is 61.2 cm³/mol. The second-order valence-corrected chi connectivity index (χ2v) is 3.53. The molecule has 0 aromatic heterocycles. The zero-order valence-electron chi connectivity index (χ0n) is 9.60. The first-order valence-electron chi connectivity index (χ1n) is 5.18. The van der Waals surface area contributed by atoms with E-state index in [1.807, 2.05) is 31.2 Å². The number of carbonyl (C=O) groups excluding carboxylic acids is 1. The average molecular weight is 223 g/mol. The molecule has 0 bridgehead atoms. The fourth-order valence-electron chi connectivity index (χ4n) is 1.22. The minimum absolute atomic E-state index is 0.0177. The molecule has 1 atom stereocenters. The minimum atomic E-state index is -0.271. The van der Waals surface area contributed by atoms with Crippen LogP contribution in [0.3, 0.4) is 0 Å². The quantitative estimate of drug-likeness (QED) is 0.771. The Morgan fingerprint density at radius 1 is 1.38 bits per heavy atom. The molecule has 0 heterocycles. The smallest absolute Gasteiger partial charge is 0.308 e. The molecule has 0 unspecified atom stereocenters. The number of ether oxygens (including phenoxy) is 2. The van der Waals surface area contributed by atoms with Crippen LogP contribution in [-0.4, -0.2) is 19.7 Å². The van der Waals surface area contributed by atoms with E-state index in [0.29, 0.717) is 6.61 Å². The highest BCUT2D eigenvalue weighted by molar-refractivity contribution is 5.69. The van der Waals surface area contributed by atoms with Gasteiger partial charge >= 0.3 is 5.97 Å². The van der Waals surface area contributed by atoms with Crippen LogP contribution in [0.5, 0.6) is 5.75 Å². The molecule has 0 aliphatic rings. The topological polar surface area (TPSA) is 61.5 Å². The summed E-state index contributed by atoms with van der Waals surface area (Å²) in [5.74, 6) is 0.459. The van der Waals surface area contributed by atoms with E-state index < -0.39 is 0 Å². The van der Waals surface area contributed by atoms with Crippen LogP contribution in [0, 0.1) is 0 Å². The minimum Gasteiger partial charge on any atom is -0.493 e. The summed E-state index contributed by atoms with van der Waals surface area (Å²) in [6, 6.07) is 7.53. The zero-order valence-corrected chi connectivity index (χ0v) is 9.60. The number of hydrogen-bond acceptors (Lipinski definition) is 4. The van der Waals surface area contributed by atoms with Crippen LogP contribution >= 0.6 is 0 Å². The van der Waals surface area contributed by atoms with Crippen LogP contribution in [0.2, 0.25) is 0 Å². The fraction of sp³-hybridized carbons (Fsp3) is 0.417. The number of esters is 1. The fourth-order valence-corrected chi connectivity index (χ4v) is 1.22. The van der Waals surface area contributed by atoms with Crippen molar-refractivity contribution >= 4 is 5.97 Å². The molecular weight excluding hydrogens is 206 g/mol. The molecule has 0 aliphatic carbocycles. The lowest BCUT2D eigenvalue weighted by Crippen LogP contribution is -2.08. The van der Waals surface area contributed by atoms with Gasteiger partial charge in [0, 0.05) is 6.04 Å². The largest absolute Gasteiger partial charge is 0.493 e. The highest BCUT2D eigenvalue weighted by Gasteiger charge is 2.02. The molecule has 1 rings (SSSR count). The van der Waals surface area contributed by atoms with Crippen LogP contribution < -0.4 is 10.5 Å². The summed E-state index contributed by atoms with van der Waals surface area (Å²) in [6.07, 6.45) is 0.255. The van der Waals surface area contributed by atoms with Gasteiger partial charge in [-0.05, 0) is 24.6 Å². The summed E-state index contributed by atoms with van der Waals surface area (Å²) in [7, 11) is 1.36. The summed E-state index contributed by atoms with van der Waals surface area (Å²) in [5, 5.41) is 0. The molecule has 4 heteroatoms. The summed E-state index contributed by atoms with van der Waals surface area (Å²) in [5.41, 5.74) is 6.78. The van der Waals surface area contributed by atoms with Crippen molar-refractivity contribution in [3.05, 3.63) is 29.8 Å². The second kappa shape index (κ2) is 6.12. The monoisotopic (exact) mass is 223 g/mol. The Kier molecular flexibility index (Phi) is 4.79. The average Bonchev–Trinajstić information content (AvgIpc) is 2.29. The maximum atomic E-state index is 10.8. The van der Waals surface area contributed by atoms with Crippen molar-refractivity contribution in [2.24, 2.45) is 5.73 Å². The Morgan fingerprint density at radius 3 is 2.50 bits per heavy atom. The summed E-state index contributed by atoms with van der Waals surface area (Å²) in [6.45, 7) is 2.25. The van der Waals surface area contributed by atoms with Gasteiger partial charge in [-0.2, -0.15) is 0 Å². The van der Waals surface area contributed by atoms with Crippen LogP contribution in [0.25, 0.3) is 0 Å². The third-order valence-electron chi connectivity index (χ3n) is 2.21. The van der Waals surface area contributed by atoms with Gasteiger partial charge < -0.3 is 15.2 Å². The van der Waals surface area contributed by atoms with E-state index >= 15 is 0 Å². The lowest BCUT2D eigenvalue weighted by atomic mass is 10.1. The van der Waals surface area contributed by atoms with E-state index in [9.17, 15) is 4.79 Å². The van der Waals surface area contributed by atoms with E-state index in [4.69, 9.17) is 10.5 Å². The third kappa shape index (κ3) is 3.90. The number of methoxy groups -OCH3 is 1. The Morgan fingerprint density at radius 2 is 2.00 bits per heavy atom. The molecule has 0 amide bonds. The van der Waals surface area contributed by atoms with Gasteiger partial charge in [-0.15, -0.1) is 0 Å². The molecule has 0 saturated heterocycles. The lowest BCUT2D eigenvalue weighted by Gasteiger charge is -2.08. The lowest BCUT2D eigenvalue weighted by molar-refractivity contribution is -0.141. The van der Waals surface area contributed by atoms with E-state index in [-0.39, 0.29) is 18.4 Å². The summed E-state index contributed by atoms with van der Waals surface area (Å²) in [4.78, 5) is 10.8. The highest BCUT2D eigenvalue weighted by atomic mass is 16.5. The SMILES string of the molecule is COC(=O)CCOc1ccc([C@H](C)N)cc1. The third-order valence-corrected chi connectivity index (χ3v) is 2.21. The number of hydrogen-bond donors (Lipinski definition) is 1. The number of benzene rings is 1. The Balaban J connectivity index is 2.40. The van der Waals surface area contributed by atoms with Crippen molar-refractivity contribution in [3.8, 4) is 5.75 Å². The summed E-state index contributed by atoms with van der Waals surface area (Å²) >= 11 is 0. The second-order valence-electron chi connectivity index (χ2n) is 3.53. The van der Waals surface area contributed by atoms with Gasteiger partial charge in [0.2, 0.25) is 0 Å². The molecule has 0 radical (unpaired) electrons. The first-order valence-corrected chi connectivity index (χ1v) is 5.18. The number of rotatable bonds is 5. The zero-order chi connectivity index (χ0) is 12.0. The predicted octanol–water partition coefficient (Wildman–Crippen LogP) is 1.65. The van der Waals surface area contributed by atoms with E-state index in [2.05, 4.69) is 4.74 Å².